The van der Waals surface area contributed by atoms with Crippen LogP contribution >= 0.6 is 0 Å². The van der Waals surface area contributed by atoms with E-state index in [0.29, 0.717) is 24.7 Å². The Labute approximate surface area is 158 Å². The Morgan fingerprint density at radius 3 is 2.78 bits per heavy atom. The monoisotopic (exact) mass is 369 g/mol. The molecule has 0 aliphatic carbocycles. The van der Waals surface area contributed by atoms with E-state index in [1.165, 1.54) is 0 Å². The zero-order chi connectivity index (χ0) is 18.8. The minimum Gasteiger partial charge on any atom is -0.458 e. The lowest BCUT2D eigenvalue weighted by molar-refractivity contribution is -0.133. The lowest BCUT2D eigenvalue weighted by Crippen LogP contribution is -2.45. The second kappa shape index (κ2) is 7.42. The average Bonchev–Trinajstić information content (AvgIpc) is 3.09. The summed E-state index contributed by atoms with van der Waals surface area (Å²) in [5.74, 6) is 1.52. The molecule has 1 fully saturated rings. The first-order valence-electron chi connectivity index (χ1n) is 9.22. The van der Waals surface area contributed by atoms with Gasteiger partial charge in [-0.25, -0.2) is 9.97 Å². The number of fused-ring (bicyclic) bond motifs is 1. The predicted molar refractivity (Wildman–Crippen MR) is 98.0 cm³/mol. The molecule has 1 unspecified atom stereocenters. The number of hydrogen-bond donors (Lipinski definition) is 0. The normalized spacial score (nSPS) is 18.4. The second-order valence-electron chi connectivity index (χ2n) is 7.02. The molecule has 2 aliphatic heterocycles. The summed E-state index contributed by atoms with van der Waals surface area (Å²) in [5, 5.41) is 0. The first kappa shape index (κ1) is 17.6. The van der Waals surface area contributed by atoms with E-state index in [2.05, 4.69) is 9.97 Å². The van der Waals surface area contributed by atoms with E-state index in [0.717, 1.165) is 42.1 Å². The number of aromatic nitrogens is 2. The van der Waals surface area contributed by atoms with Gasteiger partial charge < -0.3 is 19.1 Å². The second-order valence-corrected chi connectivity index (χ2v) is 7.02. The summed E-state index contributed by atoms with van der Waals surface area (Å²) in [6.07, 6.45) is 2.05. The van der Waals surface area contributed by atoms with Crippen molar-refractivity contribution in [2.75, 3.05) is 19.9 Å². The molecule has 0 radical (unpaired) electrons. The number of carbonyl (C=O) groups is 1. The van der Waals surface area contributed by atoms with Crippen LogP contribution in [0, 0.1) is 13.8 Å². The molecule has 1 saturated heterocycles. The Morgan fingerprint density at radius 2 is 1.96 bits per heavy atom. The van der Waals surface area contributed by atoms with Gasteiger partial charge in [0.05, 0.1) is 13.0 Å². The van der Waals surface area contributed by atoms with Crippen LogP contribution in [-0.2, 0) is 11.2 Å². The fourth-order valence-electron chi connectivity index (χ4n) is 3.49. The molecule has 0 spiro atoms. The Balaban J connectivity index is 1.38. The van der Waals surface area contributed by atoms with Gasteiger partial charge in [-0.3, -0.25) is 4.79 Å². The van der Waals surface area contributed by atoms with Gasteiger partial charge in [0.2, 0.25) is 12.7 Å². The van der Waals surface area contributed by atoms with Crippen LogP contribution in [0.4, 0.5) is 0 Å². The Kier molecular flexibility index (Phi) is 4.83. The molecule has 27 heavy (non-hydrogen) atoms. The summed E-state index contributed by atoms with van der Waals surface area (Å²) < 4.78 is 16.7. The summed E-state index contributed by atoms with van der Waals surface area (Å²) in [4.78, 5) is 23.3. The third-order valence-corrected chi connectivity index (χ3v) is 4.76. The SMILES string of the molecule is Cc1cc(C)nc(OC2CCCN(C(=O)Cc3ccc4c(c3)OCO4)C2)n1. The van der Waals surface area contributed by atoms with Crippen LogP contribution in [0.5, 0.6) is 17.5 Å². The molecule has 1 amide bonds. The van der Waals surface area contributed by atoms with Crippen molar-refractivity contribution in [3.8, 4) is 17.5 Å². The van der Waals surface area contributed by atoms with E-state index >= 15 is 0 Å². The summed E-state index contributed by atoms with van der Waals surface area (Å²) in [6.45, 7) is 5.38. The lowest BCUT2D eigenvalue weighted by atomic mass is 10.1. The van der Waals surface area contributed by atoms with Crippen molar-refractivity contribution in [2.24, 2.45) is 0 Å². The van der Waals surface area contributed by atoms with Gasteiger partial charge >= 0.3 is 6.01 Å². The smallest absolute Gasteiger partial charge is 0.317 e. The molecule has 0 saturated carbocycles. The van der Waals surface area contributed by atoms with Crippen LogP contribution in [0.1, 0.15) is 29.8 Å². The number of likely N-dealkylation sites (tertiary alicyclic amines) is 1. The first-order chi connectivity index (χ1) is 13.1. The number of hydrogen-bond acceptors (Lipinski definition) is 6. The number of amides is 1. The highest BCUT2D eigenvalue weighted by molar-refractivity contribution is 5.79. The molecule has 2 aliphatic rings. The fourth-order valence-corrected chi connectivity index (χ4v) is 3.49. The number of carbonyl (C=O) groups excluding carboxylic acids is 1. The molecular weight excluding hydrogens is 346 g/mol. The number of nitrogens with zero attached hydrogens (tertiary/aromatic N) is 3. The van der Waals surface area contributed by atoms with Crippen LogP contribution in [0.3, 0.4) is 0 Å². The molecule has 0 bridgehead atoms. The maximum absolute atomic E-state index is 12.7. The van der Waals surface area contributed by atoms with Crippen LogP contribution in [0.2, 0.25) is 0 Å². The Bertz CT molecular complexity index is 835. The van der Waals surface area contributed by atoms with Crippen molar-refractivity contribution in [1.82, 2.24) is 14.9 Å². The van der Waals surface area contributed by atoms with Gasteiger partial charge in [0.15, 0.2) is 11.5 Å². The van der Waals surface area contributed by atoms with Crippen molar-refractivity contribution in [1.29, 1.82) is 0 Å². The first-order valence-corrected chi connectivity index (χ1v) is 9.22. The van der Waals surface area contributed by atoms with Crippen molar-refractivity contribution < 1.29 is 19.0 Å². The maximum atomic E-state index is 12.7. The zero-order valence-electron chi connectivity index (χ0n) is 15.6. The summed E-state index contributed by atoms with van der Waals surface area (Å²) >= 11 is 0. The number of piperidine rings is 1. The van der Waals surface area contributed by atoms with Crippen molar-refractivity contribution >= 4 is 5.91 Å². The maximum Gasteiger partial charge on any atom is 0.317 e. The lowest BCUT2D eigenvalue weighted by Gasteiger charge is -2.32. The van der Waals surface area contributed by atoms with Crippen LogP contribution < -0.4 is 14.2 Å². The summed E-state index contributed by atoms with van der Waals surface area (Å²) in [7, 11) is 0. The van der Waals surface area contributed by atoms with Crippen molar-refractivity contribution in [3.63, 3.8) is 0 Å². The number of benzene rings is 1. The molecule has 1 aromatic carbocycles. The third kappa shape index (κ3) is 4.13. The highest BCUT2D eigenvalue weighted by atomic mass is 16.7. The van der Waals surface area contributed by atoms with E-state index in [1.807, 2.05) is 43.0 Å². The fraction of sp³-hybridized carbons (Fsp3) is 0.450. The predicted octanol–water partition coefficient (Wildman–Crippen LogP) is 2.43. The molecule has 2 aromatic rings. The quantitative estimate of drug-likeness (QED) is 0.824. The van der Waals surface area contributed by atoms with E-state index in [9.17, 15) is 4.79 Å². The van der Waals surface area contributed by atoms with Crippen LogP contribution in [0.25, 0.3) is 0 Å². The molecule has 1 atom stereocenters. The summed E-state index contributed by atoms with van der Waals surface area (Å²) in [6, 6.07) is 7.94. The zero-order valence-corrected chi connectivity index (χ0v) is 15.6. The average molecular weight is 369 g/mol. The van der Waals surface area contributed by atoms with E-state index in [-0.39, 0.29) is 18.8 Å². The minimum atomic E-state index is -0.0827. The molecule has 7 nitrogen and oxygen atoms in total. The van der Waals surface area contributed by atoms with Gasteiger partial charge in [-0.2, -0.15) is 0 Å². The highest BCUT2D eigenvalue weighted by Crippen LogP contribution is 2.32. The van der Waals surface area contributed by atoms with E-state index < -0.39 is 0 Å². The molecule has 3 heterocycles. The molecule has 0 N–H and O–H groups in total. The van der Waals surface area contributed by atoms with Gasteiger partial charge in [-0.1, -0.05) is 6.07 Å². The largest absolute Gasteiger partial charge is 0.458 e. The van der Waals surface area contributed by atoms with Crippen molar-refractivity contribution in [2.45, 2.75) is 39.2 Å². The van der Waals surface area contributed by atoms with Gasteiger partial charge in [-0.15, -0.1) is 0 Å². The number of rotatable bonds is 4. The Hall–Kier alpha value is -2.83. The molecule has 4 rings (SSSR count). The molecule has 142 valence electrons. The Morgan fingerprint density at radius 1 is 1.19 bits per heavy atom. The van der Waals surface area contributed by atoms with Gasteiger partial charge in [0, 0.05) is 17.9 Å². The van der Waals surface area contributed by atoms with Crippen molar-refractivity contribution in [3.05, 3.63) is 41.2 Å². The van der Waals surface area contributed by atoms with Gasteiger partial charge in [-0.05, 0) is 50.5 Å². The molecule has 1 aromatic heterocycles. The van der Waals surface area contributed by atoms with Crippen LogP contribution in [0.15, 0.2) is 24.3 Å². The summed E-state index contributed by atoms with van der Waals surface area (Å²) in [5.41, 5.74) is 2.68. The molecule has 7 heteroatoms. The molecular formula is C20H23N3O4. The minimum absolute atomic E-state index is 0.0827. The van der Waals surface area contributed by atoms with Gasteiger partial charge in [0.1, 0.15) is 6.10 Å². The topological polar surface area (TPSA) is 73.8 Å². The third-order valence-electron chi connectivity index (χ3n) is 4.76. The number of aryl methyl sites for hydroxylation is 2. The standard InChI is InChI=1S/C20H23N3O4/c1-13-8-14(2)22-20(21-13)27-16-4-3-7-23(11-16)19(24)10-15-5-6-17-18(9-15)26-12-25-17/h5-6,8-9,16H,3-4,7,10-12H2,1-2H3. The highest BCUT2D eigenvalue weighted by Gasteiger charge is 2.26. The van der Waals surface area contributed by atoms with E-state index in [1.54, 1.807) is 0 Å². The van der Waals surface area contributed by atoms with Crippen LogP contribution in [-0.4, -0.2) is 46.8 Å². The van der Waals surface area contributed by atoms with E-state index in [4.69, 9.17) is 14.2 Å². The number of ether oxygens (including phenoxy) is 3. The van der Waals surface area contributed by atoms with Gasteiger partial charge in [0.25, 0.3) is 0 Å².